The van der Waals surface area contributed by atoms with Gasteiger partial charge in [0, 0.05) is 18.3 Å². The maximum absolute atomic E-state index is 12.8. The molecule has 0 radical (unpaired) electrons. The standard InChI is InChI=1S/C21H32O6/c1-10(2)25-9-21(24)18-16(26-11(3)4)7-12(5)14-8-15(22)13(6)17(14)19(18)27-20(21)23/h10-11,13-14,16-19,24H,5,7-9H2,1-4,6H3. The first-order valence-corrected chi connectivity index (χ1v) is 9.97. The second-order valence-corrected chi connectivity index (χ2v) is 8.91. The number of carbonyl (C=O) groups excluding carboxylic acids is 2. The van der Waals surface area contributed by atoms with E-state index < -0.39 is 29.7 Å². The van der Waals surface area contributed by atoms with Gasteiger partial charge in [0.1, 0.15) is 11.9 Å². The molecule has 152 valence electrons. The number of fused-ring (bicyclic) bond motifs is 3. The lowest BCUT2D eigenvalue weighted by Gasteiger charge is -2.35. The fourth-order valence-corrected chi connectivity index (χ4v) is 5.04. The van der Waals surface area contributed by atoms with Crippen LogP contribution < -0.4 is 0 Å². The van der Waals surface area contributed by atoms with Crippen LogP contribution in [0.3, 0.4) is 0 Å². The molecule has 7 unspecified atom stereocenters. The Kier molecular flexibility index (Phi) is 5.54. The van der Waals surface area contributed by atoms with Crippen LogP contribution in [0, 0.1) is 23.7 Å². The van der Waals surface area contributed by atoms with Crippen molar-refractivity contribution in [3.05, 3.63) is 12.2 Å². The van der Waals surface area contributed by atoms with Gasteiger partial charge in [-0.2, -0.15) is 0 Å². The van der Waals surface area contributed by atoms with Crippen molar-refractivity contribution in [3.63, 3.8) is 0 Å². The molecule has 1 N–H and O–H groups in total. The van der Waals surface area contributed by atoms with E-state index in [9.17, 15) is 14.7 Å². The fraction of sp³-hybridized carbons (Fsp3) is 0.810. The molecule has 3 aliphatic rings. The minimum absolute atomic E-state index is 0.0399. The summed E-state index contributed by atoms with van der Waals surface area (Å²) in [6, 6.07) is 0. The lowest BCUT2D eigenvalue weighted by molar-refractivity contribution is -0.167. The Bertz CT molecular complexity index is 626. The Labute approximate surface area is 161 Å². The Hall–Kier alpha value is -1.24. The van der Waals surface area contributed by atoms with Gasteiger partial charge in [0.15, 0.2) is 5.60 Å². The molecule has 27 heavy (non-hydrogen) atoms. The Morgan fingerprint density at radius 2 is 1.89 bits per heavy atom. The summed E-state index contributed by atoms with van der Waals surface area (Å²) in [5.74, 6) is -1.55. The molecule has 0 aromatic rings. The number of hydrogen-bond acceptors (Lipinski definition) is 6. The first-order valence-electron chi connectivity index (χ1n) is 9.97. The molecule has 6 nitrogen and oxygen atoms in total. The van der Waals surface area contributed by atoms with E-state index in [2.05, 4.69) is 6.58 Å². The van der Waals surface area contributed by atoms with Crippen LogP contribution in [0.15, 0.2) is 12.2 Å². The van der Waals surface area contributed by atoms with Crippen LogP contribution in [-0.2, 0) is 23.8 Å². The van der Waals surface area contributed by atoms with Crippen LogP contribution >= 0.6 is 0 Å². The van der Waals surface area contributed by atoms with Gasteiger partial charge < -0.3 is 19.3 Å². The Balaban J connectivity index is 2.03. The summed E-state index contributed by atoms with van der Waals surface area (Å²) >= 11 is 0. The molecule has 0 aromatic heterocycles. The molecular weight excluding hydrogens is 348 g/mol. The second-order valence-electron chi connectivity index (χ2n) is 8.91. The van der Waals surface area contributed by atoms with E-state index in [4.69, 9.17) is 14.2 Å². The predicted octanol–water partition coefficient (Wildman–Crippen LogP) is 2.28. The first kappa shape index (κ1) is 20.5. The summed E-state index contributed by atoms with van der Waals surface area (Å²) in [4.78, 5) is 25.2. The molecule has 3 fully saturated rings. The lowest BCUT2D eigenvalue weighted by Crippen LogP contribution is -2.53. The highest BCUT2D eigenvalue weighted by Crippen LogP contribution is 2.53. The fourth-order valence-electron chi connectivity index (χ4n) is 5.04. The molecule has 1 saturated heterocycles. The third-order valence-corrected chi connectivity index (χ3v) is 6.32. The van der Waals surface area contributed by atoms with Crippen molar-refractivity contribution in [2.75, 3.05) is 6.61 Å². The van der Waals surface area contributed by atoms with Gasteiger partial charge in [0.2, 0.25) is 0 Å². The third kappa shape index (κ3) is 3.47. The van der Waals surface area contributed by atoms with Crippen molar-refractivity contribution >= 4 is 11.8 Å². The average molecular weight is 380 g/mol. The van der Waals surface area contributed by atoms with Crippen molar-refractivity contribution in [3.8, 4) is 0 Å². The molecule has 1 aliphatic heterocycles. The maximum Gasteiger partial charge on any atom is 0.341 e. The summed E-state index contributed by atoms with van der Waals surface area (Å²) in [5.41, 5.74) is -0.837. The summed E-state index contributed by atoms with van der Waals surface area (Å²) < 4.78 is 17.5. The SMILES string of the molecule is C=C1CC(OC(C)C)C2C(OC(=O)C2(O)COC(C)C)C2C(C)C(=O)CC12. The third-order valence-electron chi connectivity index (χ3n) is 6.32. The summed E-state index contributed by atoms with van der Waals surface area (Å²) in [7, 11) is 0. The van der Waals surface area contributed by atoms with Gasteiger partial charge in [-0.05, 0) is 40.0 Å². The number of Topliss-reactive ketones (excluding diaryl/α,β-unsaturated/α-hetero) is 1. The van der Waals surface area contributed by atoms with Crippen LogP contribution in [0.4, 0.5) is 0 Å². The highest BCUT2D eigenvalue weighted by molar-refractivity contribution is 5.86. The largest absolute Gasteiger partial charge is 0.459 e. The van der Waals surface area contributed by atoms with E-state index in [1.807, 2.05) is 34.6 Å². The van der Waals surface area contributed by atoms with Gasteiger partial charge in [0.05, 0.1) is 30.8 Å². The molecule has 0 bridgehead atoms. The molecular formula is C21H32O6. The lowest BCUT2D eigenvalue weighted by atomic mass is 9.75. The predicted molar refractivity (Wildman–Crippen MR) is 98.9 cm³/mol. The summed E-state index contributed by atoms with van der Waals surface area (Å²) in [5, 5.41) is 11.4. The minimum atomic E-state index is -1.78. The molecule has 7 atom stereocenters. The number of esters is 1. The van der Waals surface area contributed by atoms with Crippen LogP contribution in [0.5, 0.6) is 0 Å². The Morgan fingerprint density at radius 1 is 1.22 bits per heavy atom. The van der Waals surface area contributed by atoms with Gasteiger partial charge >= 0.3 is 5.97 Å². The highest BCUT2D eigenvalue weighted by atomic mass is 16.6. The monoisotopic (exact) mass is 380 g/mol. The van der Waals surface area contributed by atoms with Crippen molar-refractivity contribution in [2.45, 2.75) is 77.5 Å². The van der Waals surface area contributed by atoms with Gasteiger partial charge in [-0.15, -0.1) is 0 Å². The molecule has 2 aliphatic carbocycles. The van der Waals surface area contributed by atoms with E-state index in [1.54, 1.807) is 0 Å². The van der Waals surface area contributed by atoms with Gasteiger partial charge in [-0.1, -0.05) is 19.1 Å². The molecule has 6 heteroatoms. The minimum Gasteiger partial charge on any atom is -0.459 e. The molecule has 0 spiro atoms. The molecule has 0 amide bonds. The van der Waals surface area contributed by atoms with Crippen LogP contribution in [-0.4, -0.2) is 53.5 Å². The molecule has 2 saturated carbocycles. The number of ketones is 1. The van der Waals surface area contributed by atoms with E-state index >= 15 is 0 Å². The molecule has 0 aromatic carbocycles. The van der Waals surface area contributed by atoms with Gasteiger partial charge in [-0.25, -0.2) is 4.79 Å². The zero-order chi connectivity index (χ0) is 20.1. The molecule has 3 rings (SSSR count). The zero-order valence-electron chi connectivity index (χ0n) is 16.9. The van der Waals surface area contributed by atoms with Crippen LogP contribution in [0.25, 0.3) is 0 Å². The van der Waals surface area contributed by atoms with E-state index in [1.165, 1.54) is 0 Å². The quantitative estimate of drug-likeness (QED) is 0.582. The van der Waals surface area contributed by atoms with Crippen LogP contribution in [0.1, 0.15) is 47.5 Å². The average Bonchev–Trinajstić information content (AvgIpc) is 2.95. The van der Waals surface area contributed by atoms with Crippen molar-refractivity contribution in [1.82, 2.24) is 0 Å². The number of rotatable bonds is 5. The van der Waals surface area contributed by atoms with Gasteiger partial charge in [0.25, 0.3) is 0 Å². The van der Waals surface area contributed by atoms with Crippen molar-refractivity contribution in [1.29, 1.82) is 0 Å². The number of ether oxygens (including phenoxy) is 3. The number of aliphatic hydroxyl groups is 1. The normalized spacial score (nSPS) is 41.7. The van der Waals surface area contributed by atoms with E-state index in [0.717, 1.165) is 5.57 Å². The van der Waals surface area contributed by atoms with E-state index in [-0.39, 0.29) is 42.4 Å². The number of hydrogen-bond donors (Lipinski definition) is 1. The summed E-state index contributed by atoms with van der Waals surface area (Å²) in [6.07, 6.45) is -0.283. The highest BCUT2D eigenvalue weighted by Gasteiger charge is 2.66. The maximum atomic E-state index is 12.8. The summed E-state index contributed by atoms with van der Waals surface area (Å²) in [6.45, 7) is 13.5. The topological polar surface area (TPSA) is 82.1 Å². The first-order chi connectivity index (χ1) is 12.6. The van der Waals surface area contributed by atoms with Crippen LogP contribution in [0.2, 0.25) is 0 Å². The van der Waals surface area contributed by atoms with Gasteiger partial charge in [-0.3, -0.25) is 4.79 Å². The number of carbonyl (C=O) groups is 2. The van der Waals surface area contributed by atoms with Crippen molar-refractivity contribution < 1.29 is 28.9 Å². The second kappa shape index (κ2) is 7.30. The molecule has 1 heterocycles. The van der Waals surface area contributed by atoms with Crippen molar-refractivity contribution in [2.24, 2.45) is 23.7 Å². The zero-order valence-corrected chi connectivity index (χ0v) is 16.9. The smallest absolute Gasteiger partial charge is 0.341 e. The van der Waals surface area contributed by atoms with E-state index in [0.29, 0.717) is 12.8 Å². The Morgan fingerprint density at radius 3 is 2.48 bits per heavy atom.